The first-order chi connectivity index (χ1) is 28.5. The minimum atomic E-state index is -3.69. The van der Waals surface area contributed by atoms with Gasteiger partial charge in [-0.15, -0.1) is 0 Å². The molecular weight excluding hydrogens is 770 g/mol. The Morgan fingerprint density at radius 3 is 2.29 bits per heavy atom. The summed E-state index contributed by atoms with van der Waals surface area (Å²) in [4.78, 5) is 40.0. The number of aromatic nitrogens is 4. The van der Waals surface area contributed by atoms with E-state index in [1.54, 1.807) is 48.5 Å². The first-order valence-corrected chi connectivity index (χ1v) is 22.0. The molecule has 0 radical (unpaired) electrons. The van der Waals surface area contributed by atoms with E-state index in [0.29, 0.717) is 30.5 Å². The highest BCUT2D eigenvalue weighted by molar-refractivity contribution is 7.92. The molecule has 0 aliphatic carbocycles. The molecule has 308 valence electrons. The van der Waals surface area contributed by atoms with Crippen molar-refractivity contribution >= 4 is 39.0 Å². The smallest absolute Gasteiger partial charge is 0.234 e. The van der Waals surface area contributed by atoms with Gasteiger partial charge in [-0.3, -0.25) is 29.5 Å². The first-order valence-electron chi connectivity index (χ1n) is 20.4. The average molecular weight is 820 g/mol. The molecule has 0 spiro atoms. The molecular formula is C44H50FN9O4S. The van der Waals surface area contributed by atoms with Crippen LogP contribution in [0.3, 0.4) is 0 Å². The maximum absolute atomic E-state index is 16.0. The van der Waals surface area contributed by atoms with Crippen LogP contribution < -0.4 is 19.8 Å². The van der Waals surface area contributed by atoms with Crippen LogP contribution in [0.4, 0.5) is 21.6 Å². The summed E-state index contributed by atoms with van der Waals surface area (Å²) in [7, 11) is -3.69. The zero-order valence-corrected chi connectivity index (χ0v) is 34.3. The van der Waals surface area contributed by atoms with E-state index in [9.17, 15) is 18.0 Å². The molecule has 0 saturated carbocycles. The van der Waals surface area contributed by atoms with Gasteiger partial charge in [-0.1, -0.05) is 32.0 Å². The number of rotatable bonds is 12. The minimum Gasteiger partial charge on any atom is -0.369 e. The van der Waals surface area contributed by atoms with Crippen LogP contribution in [-0.2, 0) is 19.6 Å². The third-order valence-electron chi connectivity index (χ3n) is 11.9. The number of carbonyl (C=O) groups is 2. The molecule has 3 saturated heterocycles. The van der Waals surface area contributed by atoms with Crippen molar-refractivity contribution in [1.29, 1.82) is 0 Å². The van der Waals surface area contributed by atoms with Crippen LogP contribution in [0.15, 0.2) is 91.5 Å². The Balaban J connectivity index is 0.886. The van der Waals surface area contributed by atoms with Crippen LogP contribution in [-0.4, -0.2) is 96.4 Å². The van der Waals surface area contributed by atoms with E-state index >= 15 is 4.39 Å². The van der Waals surface area contributed by atoms with Gasteiger partial charge in [-0.05, 0) is 85.2 Å². The molecule has 2 amide bonds. The molecule has 1 atom stereocenters. The van der Waals surface area contributed by atoms with Gasteiger partial charge in [0.05, 0.1) is 23.0 Å². The number of piperazine rings is 1. The number of amides is 2. The highest BCUT2D eigenvalue weighted by atomic mass is 32.2. The number of carbonyl (C=O) groups excluding carboxylic acids is 2. The van der Waals surface area contributed by atoms with E-state index in [1.165, 1.54) is 6.07 Å². The Morgan fingerprint density at radius 1 is 0.881 bits per heavy atom. The Hall–Kier alpha value is -5.67. The molecule has 13 nitrogen and oxygen atoms in total. The summed E-state index contributed by atoms with van der Waals surface area (Å²) < 4.78 is 45.2. The van der Waals surface area contributed by atoms with Crippen LogP contribution in [0.5, 0.6) is 0 Å². The third kappa shape index (κ3) is 9.00. The van der Waals surface area contributed by atoms with Gasteiger partial charge in [0.2, 0.25) is 21.8 Å². The molecule has 3 aliphatic rings. The zero-order valence-electron chi connectivity index (χ0n) is 33.5. The minimum absolute atomic E-state index is 0.0985. The van der Waals surface area contributed by atoms with E-state index in [0.717, 1.165) is 87.0 Å². The fourth-order valence-electron chi connectivity index (χ4n) is 8.49. The number of imide groups is 1. The fraction of sp³-hybridized carbons (Fsp3) is 0.386. The summed E-state index contributed by atoms with van der Waals surface area (Å²) in [6.45, 7) is 10.8. The summed E-state index contributed by atoms with van der Waals surface area (Å²) >= 11 is 0. The lowest BCUT2D eigenvalue weighted by atomic mass is 9.79. The number of nitrogens with zero attached hydrogens (tertiary/aromatic N) is 7. The number of piperidine rings is 2. The monoisotopic (exact) mass is 819 g/mol. The maximum atomic E-state index is 16.0. The quantitative estimate of drug-likeness (QED) is 0.139. The second kappa shape index (κ2) is 16.9. The lowest BCUT2D eigenvalue weighted by molar-refractivity contribution is -0.134. The van der Waals surface area contributed by atoms with E-state index in [2.05, 4.69) is 48.8 Å². The van der Waals surface area contributed by atoms with Gasteiger partial charge in [0.15, 0.2) is 5.82 Å². The predicted molar refractivity (Wildman–Crippen MR) is 227 cm³/mol. The van der Waals surface area contributed by atoms with Gasteiger partial charge in [0.25, 0.3) is 0 Å². The Morgan fingerprint density at radius 2 is 1.61 bits per heavy atom. The summed E-state index contributed by atoms with van der Waals surface area (Å²) in [5.74, 6) is -0.605. The first kappa shape index (κ1) is 40.1. The Bertz CT molecular complexity index is 2390. The molecule has 15 heteroatoms. The number of hydrogen-bond acceptors (Lipinski definition) is 10. The van der Waals surface area contributed by atoms with Crippen LogP contribution in [0.25, 0.3) is 28.1 Å². The summed E-state index contributed by atoms with van der Waals surface area (Å²) in [6, 6.07) is 20.6. The van der Waals surface area contributed by atoms with Crippen molar-refractivity contribution in [3.8, 4) is 28.1 Å². The van der Waals surface area contributed by atoms with Crippen molar-refractivity contribution in [1.82, 2.24) is 30.0 Å². The molecule has 3 fully saturated rings. The number of halogens is 1. The highest BCUT2D eigenvalue weighted by Crippen LogP contribution is 2.37. The van der Waals surface area contributed by atoms with E-state index in [1.807, 2.05) is 36.4 Å². The van der Waals surface area contributed by atoms with Crippen molar-refractivity contribution in [2.75, 3.05) is 66.1 Å². The number of hydrogen-bond donors (Lipinski definition) is 2. The SMILES string of the molecule is CCCS(=O)(=O)Nc1cccc(-c2cn(-c3ccc(N4CCN(CC5(C)CCN(c6ccc([C@H]7CCC(=O)NC7=O)cn6)CC5)CC4)cc3)nc2-c2ccncc2)c1F. The molecule has 2 N–H and O–H groups in total. The third-order valence-corrected chi connectivity index (χ3v) is 13.3. The van der Waals surface area contributed by atoms with Crippen molar-refractivity contribution in [2.45, 2.75) is 51.9 Å². The molecule has 3 aliphatic heterocycles. The van der Waals surface area contributed by atoms with Gasteiger partial charge in [0.1, 0.15) is 11.5 Å². The molecule has 5 aromatic rings. The molecule has 8 rings (SSSR count). The van der Waals surface area contributed by atoms with E-state index < -0.39 is 15.8 Å². The molecule has 59 heavy (non-hydrogen) atoms. The lowest BCUT2D eigenvalue weighted by Crippen LogP contribution is -2.51. The second-order valence-corrected chi connectivity index (χ2v) is 18.0. The van der Waals surface area contributed by atoms with Crippen LogP contribution in [0.1, 0.15) is 57.4 Å². The van der Waals surface area contributed by atoms with Crippen LogP contribution >= 0.6 is 0 Å². The molecule has 2 aromatic carbocycles. The standard InChI is InChI=1S/C44H50FN9O4S/c1-3-27-59(57,58)50-38-6-4-5-36(41(38)45)37-29-54(49-42(37)31-15-19-46-20-16-31)34-10-8-33(9-11-34)52-25-23-51(24-26-52)30-44(2)17-21-53(22-18-44)39-13-7-32(28-47-39)35-12-14-40(55)48-43(35)56/h4-11,13,15-16,19-20,28-29,35,50H,3,12,14,17-18,21-27,30H2,1-2H3,(H,48,55,56)/t35-/m1/s1. The van der Waals surface area contributed by atoms with Gasteiger partial charge < -0.3 is 9.80 Å². The Kier molecular flexibility index (Phi) is 11.5. The number of benzene rings is 2. The molecule has 0 bridgehead atoms. The largest absolute Gasteiger partial charge is 0.369 e. The highest BCUT2D eigenvalue weighted by Gasteiger charge is 2.34. The van der Waals surface area contributed by atoms with E-state index in [4.69, 9.17) is 10.1 Å². The van der Waals surface area contributed by atoms with Gasteiger partial charge in [-0.2, -0.15) is 5.10 Å². The molecule has 0 unspecified atom stereocenters. The predicted octanol–water partition coefficient (Wildman–Crippen LogP) is 6.24. The summed E-state index contributed by atoms with van der Waals surface area (Å²) in [5, 5.41) is 7.34. The van der Waals surface area contributed by atoms with Crippen molar-refractivity contribution in [3.63, 3.8) is 0 Å². The maximum Gasteiger partial charge on any atom is 0.234 e. The van der Waals surface area contributed by atoms with Gasteiger partial charge >= 0.3 is 0 Å². The van der Waals surface area contributed by atoms with E-state index in [-0.39, 0.29) is 40.2 Å². The average Bonchev–Trinajstić information content (AvgIpc) is 3.68. The van der Waals surface area contributed by atoms with Gasteiger partial charge in [0, 0.05) is 99.4 Å². The Labute approximate surface area is 344 Å². The van der Waals surface area contributed by atoms with Crippen LogP contribution in [0.2, 0.25) is 0 Å². The lowest BCUT2D eigenvalue weighted by Gasteiger charge is -2.45. The van der Waals surface area contributed by atoms with Crippen LogP contribution in [0, 0.1) is 11.2 Å². The molecule has 6 heterocycles. The second-order valence-electron chi connectivity index (χ2n) is 16.2. The zero-order chi connectivity index (χ0) is 41.1. The summed E-state index contributed by atoms with van der Waals surface area (Å²) in [5.41, 5.74) is 4.99. The van der Waals surface area contributed by atoms with Crippen molar-refractivity contribution < 1.29 is 22.4 Å². The number of nitrogens with one attached hydrogen (secondary N) is 2. The van der Waals surface area contributed by atoms with Gasteiger partial charge in [-0.25, -0.2) is 22.5 Å². The number of pyridine rings is 2. The number of anilines is 3. The number of sulfonamides is 1. The summed E-state index contributed by atoms with van der Waals surface area (Å²) in [6.07, 6.45) is 10.3. The van der Waals surface area contributed by atoms with Crippen molar-refractivity contribution in [3.05, 3.63) is 103 Å². The topological polar surface area (TPSA) is 146 Å². The van der Waals surface area contributed by atoms with Crippen molar-refractivity contribution in [2.24, 2.45) is 5.41 Å². The fourth-order valence-corrected chi connectivity index (χ4v) is 9.62. The normalized spacial score (nSPS) is 18.8. The molecule has 3 aromatic heterocycles.